The molecule has 30 heavy (non-hydrogen) atoms. The van der Waals surface area contributed by atoms with Gasteiger partial charge in [0.05, 0.1) is 0 Å². The van der Waals surface area contributed by atoms with Crippen LogP contribution in [0.15, 0.2) is 73.3 Å². The average Bonchev–Trinajstić information content (AvgIpc) is 2.77. The number of carboxylic acid groups (broad SMARTS) is 1. The molecule has 2 rings (SSSR count). The number of hydrogen-bond acceptors (Lipinski definition) is 4. The van der Waals surface area contributed by atoms with Gasteiger partial charge in [0.25, 0.3) is 0 Å². The Labute approximate surface area is 176 Å². The van der Waals surface area contributed by atoms with Crippen LogP contribution in [0.3, 0.4) is 0 Å². The Morgan fingerprint density at radius 1 is 1.03 bits per heavy atom. The van der Waals surface area contributed by atoms with Crippen molar-refractivity contribution in [3.05, 3.63) is 84.4 Å². The minimum absolute atomic E-state index is 0.0762. The number of ether oxygens (including phenoxy) is 1. The van der Waals surface area contributed by atoms with Gasteiger partial charge in [-0.15, -0.1) is 6.58 Å². The van der Waals surface area contributed by atoms with E-state index in [1.165, 1.54) is 4.90 Å². The number of aliphatic carboxylic acids is 1. The minimum Gasteiger partial charge on any atom is -0.480 e. The van der Waals surface area contributed by atoms with E-state index in [1.807, 2.05) is 60.7 Å². The van der Waals surface area contributed by atoms with Crippen LogP contribution in [-0.2, 0) is 27.4 Å². The van der Waals surface area contributed by atoms with Crippen LogP contribution in [0.2, 0.25) is 0 Å². The zero-order valence-corrected chi connectivity index (χ0v) is 16.7. The Bertz CT molecular complexity index is 839. The summed E-state index contributed by atoms with van der Waals surface area (Å²) >= 11 is 0. The van der Waals surface area contributed by atoms with Crippen LogP contribution in [-0.4, -0.2) is 47.1 Å². The van der Waals surface area contributed by atoms with Crippen molar-refractivity contribution in [2.75, 3.05) is 13.1 Å². The smallest absolute Gasteiger partial charge is 0.407 e. The third-order valence-corrected chi connectivity index (χ3v) is 4.42. The molecular formula is C23H26N2O5. The average molecular weight is 410 g/mol. The predicted molar refractivity (Wildman–Crippen MR) is 113 cm³/mol. The summed E-state index contributed by atoms with van der Waals surface area (Å²) in [7, 11) is 0. The molecule has 7 heteroatoms. The molecule has 0 saturated heterocycles. The molecule has 0 radical (unpaired) electrons. The van der Waals surface area contributed by atoms with E-state index in [0.717, 1.165) is 11.1 Å². The van der Waals surface area contributed by atoms with Crippen molar-refractivity contribution in [3.63, 3.8) is 0 Å². The first kappa shape index (κ1) is 22.7. The van der Waals surface area contributed by atoms with Crippen LogP contribution in [0.1, 0.15) is 17.5 Å². The van der Waals surface area contributed by atoms with E-state index < -0.39 is 24.0 Å². The third kappa shape index (κ3) is 7.43. The van der Waals surface area contributed by atoms with E-state index in [4.69, 9.17) is 4.74 Å². The molecule has 0 aliphatic heterocycles. The number of carboxylic acids is 1. The molecule has 158 valence electrons. The molecule has 7 nitrogen and oxygen atoms in total. The van der Waals surface area contributed by atoms with Gasteiger partial charge in [-0.2, -0.15) is 0 Å². The Morgan fingerprint density at radius 2 is 1.63 bits per heavy atom. The van der Waals surface area contributed by atoms with Crippen LogP contribution in [0, 0.1) is 0 Å². The molecule has 0 aliphatic carbocycles. The lowest BCUT2D eigenvalue weighted by Crippen LogP contribution is -2.50. The molecule has 0 aliphatic rings. The number of carbonyl (C=O) groups excluding carboxylic acids is 2. The van der Waals surface area contributed by atoms with Crippen LogP contribution < -0.4 is 5.32 Å². The maximum atomic E-state index is 12.7. The first-order chi connectivity index (χ1) is 14.5. The van der Waals surface area contributed by atoms with E-state index >= 15 is 0 Å². The summed E-state index contributed by atoms with van der Waals surface area (Å²) in [5, 5.41) is 12.1. The molecule has 0 aromatic heterocycles. The second-order valence-electron chi connectivity index (χ2n) is 6.62. The van der Waals surface area contributed by atoms with Gasteiger partial charge in [-0.25, -0.2) is 9.59 Å². The molecule has 0 saturated carbocycles. The molecule has 0 spiro atoms. The molecule has 0 fully saturated rings. The molecular weight excluding hydrogens is 384 g/mol. The lowest BCUT2D eigenvalue weighted by Gasteiger charge is -2.29. The molecule has 2 aromatic carbocycles. The zero-order chi connectivity index (χ0) is 21.8. The van der Waals surface area contributed by atoms with Gasteiger partial charge in [-0.05, 0) is 17.5 Å². The van der Waals surface area contributed by atoms with E-state index in [2.05, 4.69) is 11.9 Å². The van der Waals surface area contributed by atoms with Crippen LogP contribution in [0.5, 0.6) is 0 Å². The summed E-state index contributed by atoms with van der Waals surface area (Å²) in [6, 6.07) is 17.2. The van der Waals surface area contributed by atoms with Gasteiger partial charge in [0.1, 0.15) is 19.2 Å². The number of alkyl carbamates (subject to hydrolysis) is 1. The van der Waals surface area contributed by atoms with Gasteiger partial charge in [-0.1, -0.05) is 66.7 Å². The van der Waals surface area contributed by atoms with E-state index in [9.17, 15) is 19.5 Å². The minimum atomic E-state index is -1.11. The van der Waals surface area contributed by atoms with Crippen LogP contribution in [0.25, 0.3) is 0 Å². The van der Waals surface area contributed by atoms with Gasteiger partial charge in [0, 0.05) is 13.0 Å². The lowest BCUT2D eigenvalue weighted by atomic mass is 10.0. The highest BCUT2D eigenvalue weighted by Crippen LogP contribution is 2.11. The van der Waals surface area contributed by atoms with E-state index in [-0.39, 0.29) is 26.1 Å². The molecule has 0 unspecified atom stereocenters. The SMILES string of the molecule is C=CCCN(C(=O)CNC(=O)OCc1ccccc1)[C@@H](Cc1ccccc1)C(=O)O. The highest BCUT2D eigenvalue weighted by molar-refractivity contribution is 5.87. The normalized spacial score (nSPS) is 11.2. The van der Waals surface area contributed by atoms with Crippen molar-refractivity contribution in [1.82, 2.24) is 10.2 Å². The number of carbonyl (C=O) groups is 3. The summed E-state index contributed by atoms with van der Waals surface area (Å²) < 4.78 is 5.09. The standard InChI is InChI=1S/C23H26N2O5/c1-2-3-14-25(20(22(27)28)15-18-10-6-4-7-11-18)21(26)16-24-23(29)30-17-19-12-8-5-9-13-19/h2,4-13,20H,1,3,14-17H2,(H,24,29)(H,27,28)/t20-/m0/s1. The fourth-order valence-electron chi connectivity index (χ4n) is 2.88. The second kappa shape index (κ2) is 12.1. The first-order valence-corrected chi connectivity index (χ1v) is 9.63. The molecule has 0 bridgehead atoms. The fraction of sp³-hybridized carbons (Fsp3) is 0.261. The highest BCUT2D eigenvalue weighted by atomic mass is 16.5. The summed E-state index contributed by atoms with van der Waals surface area (Å²) in [5.41, 5.74) is 1.62. The maximum Gasteiger partial charge on any atom is 0.407 e. The molecule has 2 N–H and O–H groups in total. The predicted octanol–water partition coefficient (Wildman–Crippen LogP) is 3.01. The van der Waals surface area contributed by atoms with Gasteiger partial charge in [0.15, 0.2) is 0 Å². The fourth-order valence-corrected chi connectivity index (χ4v) is 2.88. The number of nitrogens with one attached hydrogen (secondary N) is 1. The highest BCUT2D eigenvalue weighted by Gasteiger charge is 2.29. The quantitative estimate of drug-likeness (QED) is 0.555. The third-order valence-electron chi connectivity index (χ3n) is 4.42. The summed E-state index contributed by atoms with van der Waals surface area (Å²) in [6.45, 7) is 3.54. The van der Waals surface area contributed by atoms with E-state index in [1.54, 1.807) is 6.08 Å². The Balaban J connectivity index is 1.97. The van der Waals surface area contributed by atoms with Gasteiger partial charge in [0.2, 0.25) is 5.91 Å². The number of benzene rings is 2. The monoisotopic (exact) mass is 410 g/mol. The Kier molecular flexibility index (Phi) is 9.12. The van der Waals surface area contributed by atoms with Crippen molar-refractivity contribution in [3.8, 4) is 0 Å². The Morgan fingerprint density at radius 3 is 2.20 bits per heavy atom. The number of amides is 2. The Hall–Kier alpha value is -3.61. The van der Waals surface area contributed by atoms with Crippen molar-refractivity contribution in [2.45, 2.75) is 25.5 Å². The molecule has 2 amide bonds. The van der Waals surface area contributed by atoms with Crippen molar-refractivity contribution in [1.29, 1.82) is 0 Å². The van der Waals surface area contributed by atoms with E-state index in [0.29, 0.717) is 6.42 Å². The second-order valence-corrected chi connectivity index (χ2v) is 6.62. The van der Waals surface area contributed by atoms with Crippen LogP contribution in [0.4, 0.5) is 4.79 Å². The van der Waals surface area contributed by atoms with Crippen LogP contribution >= 0.6 is 0 Å². The van der Waals surface area contributed by atoms with Crippen molar-refractivity contribution in [2.24, 2.45) is 0 Å². The summed E-state index contributed by atoms with van der Waals surface area (Å²) in [4.78, 5) is 37.8. The maximum absolute atomic E-state index is 12.7. The zero-order valence-electron chi connectivity index (χ0n) is 16.7. The molecule has 2 aromatic rings. The number of hydrogen-bond donors (Lipinski definition) is 2. The van der Waals surface area contributed by atoms with Crippen molar-refractivity contribution >= 4 is 18.0 Å². The summed E-state index contributed by atoms with van der Waals surface area (Å²) in [6.07, 6.45) is 1.47. The topological polar surface area (TPSA) is 95.9 Å². The summed E-state index contributed by atoms with van der Waals surface area (Å²) in [5.74, 6) is -1.61. The molecule has 1 atom stereocenters. The van der Waals surface area contributed by atoms with Gasteiger partial charge in [-0.3, -0.25) is 4.79 Å². The van der Waals surface area contributed by atoms with Gasteiger partial charge >= 0.3 is 12.1 Å². The number of nitrogens with zero attached hydrogens (tertiary/aromatic N) is 1. The van der Waals surface area contributed by atoms with Crippen molar-refractivity contribution < 1.29 is 24.2 Å². The molecule has 0 heterocycles. The lowest BCUT2D eigenvalue weighted by molar-refractivity contribution is -0.149. The van der Waals surface area contributed by atoms with Gasteiger partial charge < -0.3 is 20.1 Å². The largest absolute Gasteiger partial charge is 0.480 e. The number of rotatable bonds is 11. The first-order valence-electron chi connectivity index (χ1n) is 9.63.